The molecule has 2 aromatic rings. The highest BCUT2D eigenvalue weighted by atomic mass is 32.2. The van der Waals surface area contributed by atoms with Gasteiger partial charge in [-0.2, -0.15) is 0 Å². The SMILES string of the molecule is CCCNS(=O)(=O)c1cccc([C@]2(C)CN(C)Cc3c(CCC)cc(C)cc32)c1. The summed E-state index contributed by atoms with van der Waals surface area (Å²) in [6.45, 7) is 10.9. The highest BCUT2D eigenvalue weighted by Gasteiger charge is 2.37. The van der Waals surface area contributed by atoms with Gasteiger partial charge in [0.15, 0.2) is 0 Å². The van der Waals surface area contributed by atoms with Gasteiger partial charge in [0, 0.05) is 25.0 Å². The van der Waals surface area contributed by atoms with Gasteiger partial charge in [0.05, 0.1) is 4.90 Å². The molecule has 0 fully saturated rings. The van der Waals surface area contributed by atoms with Crippen LogP contribution in [0.5, 0.6) is 0 Å². The predicted octanol–water partition coefficient (Wildman–Crippen LogP) is 4.39. The molecule has 0 saturated heterocycles. The van der Waals surface area contributed by atoms with Crippen LogP contribution in [0.4, 0.5) is 0 Å². The first-order valence-corrected chi connectivity index (χ1v) is 12.1. The minimum absolute atomic E-state index is 0.257. The maximum atomic E-state index is 12.7. The molecular weight excluding hydrogens is 380 g/mol. The van der Waals surface area contributed by atoms with Gasteiger partial charge in [-0.3, -0.25) is 0 Å². The Hall–Kier alpha value is -1.69. The third kappa shape index (κ3) is 4.42. The van der Waals surface area contributed by atoms with Crippen LogP contribution in [0, 0.1) is 6.92 Å². The summed E-state index contributed by atoms with van der Waals surface area (Å²) in [6.07, 6.45) is 2.96. The van der Waals surface area contributed by atoms with Crippen LogP contribution in [0.1, 0.15) is 61.4 Å². The Morgan fingerprint density at radius 2 is 1.90 bits per heavy atom. The quantitative estimate of drug-likeness (QED) is 0.731. The van der Waals surface area contributed by atoms with E-state index >= 15 is 0 Å². The number of aryl methyl sites for hydroxylation is 2. The molecule has 1 aliphatic rings. The molecule has 0 radical (unpaired) electrons. The van der Waals surface area contributed by atoms with Gasteiger partial charge in [0.2, 0.25) is 10.0 Å². The average molecular weight is 415 g/mol. The van der Waals surface area contributed by atoms with Crippen LogP contribution in [0.25, 0.3) is 0 Å². The van der Waals surface area contributed by atoms with E-state index in [9.17, 15) is 8.42 Å². The lowest BCUT2D eigenvalue weighted by atomic mass is 9.70. The first-order chi connectivity index (χ1) is 13.7. The highest BCUT2D eigenvalue weighted by Crippen LogP contribution is 2.41. The van der Waals surface area contributed by atoms with Crippen LogP contribution in [-0.2, 0) is 28.4 Å². The number of fused-ring (bicyclic) bond motifs is 1. The molecule has 1 N–H and O–H groups in total. The maximum absolute atomic E-state index is 12.7. The first kappa shape index (κ1) is 22.0. The van der Waals surface area contributed by atoms with Gasteiger partial charge in [-0.1, -0.05) is 57.0 Å². The van der Waals surface area contributed by atoms with Gasteiger partial charge in [-0.15, -0.1) is 0 Å². The molecule has 5 heteroatoms. The molecule has 0 saturated carbocycles. The van der Waals surface area contributed by atoms with E-state index in [-0.39, 0.29) is 5.41 Å². The number of nitrogens with zero attached hydrogens (tertiary/aromatic N) is 1. The molecule has 2 aromatic carbocycles. The Morgan fingerprint density at radius 1 is 1.14 bits per heavy atom. The summed E-state index contributed by atoms with van der Waals surface area (Å²) in [7, 11) is -1.34. The summed E-state index contributed by atoms with van der Waals surface area (Å²) in [5, 5.41) is 0. The number of hydrogen-bond acceptors (Lipinski definition) is 3. The van der Waals surface area contributed by atoms with E-state index in [0.29, 0.717) is 11.4 Å². The predicted molar refractivity (Wildman–Crippen MR) is 120 cm³/mol. The van der Waals surface area contributed by atoms with E-state index in [4.69, 9.17) is 0 Å². The van der Waals surface area contributed by atoms with Gasteiger partial charge in [0.1, 0.15) is 0 Å². The summed E-state index contributed by atoms with van der Waals surface area (Å²) >= 11 is 0. The zero-order valence-electron chi connectivity index (χ0n) is 18.4. The molecule has 0 aliphatic carbocycles. The summed E-state index contributed by atoms with van der Waals surface area (Å²) in [4.78, 5) is 2.70. The van der Waals surface area contributed by atoms with Crippen molar-refractivity contribution in [2.24, 2.45) is 0 Å². The number of benzene rings is 2. The monoisotopic (exact) mass is 414 g/mol. The van der Waals surface area contributed by atoms with Crippen molar-refractivity contribution in [2.75, 3.05) is 20.1 Å². The largest absolute Gasteiger partial charge is 0.301 e. The molecule has 3 rings (SSSR count). The normalized spacial score (nSPS) is 19.9. The number of likely N-dealkylation sites (N-methyl/N-ethyl adjacent to an activating group) is 1. The lowest BCUT2D eigenvalue weighted by molar-refractivity contribution is 0.246. The molecule has 4 nitrogen and oxygen atoms in total. The Bertz CT molecular complexity index is 984. The van der Waals surface area contributed by atoms with Crippen molar-refractivity contribution in [3.05, 3.63) is 64.2 Å². The van der Waals surface area contributed by atoms with Crippen molar-refractivity contribution in [3.8, 4) is 0 Å². The van der Waals surface area contributed by atoms with Crippen LogP contribution in [0.3, 0.4) is 0 Å². The highest BCUT2D eigenvalue weighted by molar-refractivity contribution is 7.89. The van der Waals surface area contributed by atoms with Gasteiger partial charge in [-0.05, 0) is 61.2 Å². The van der Waals surface area contributed by atoms with Gasteiger partial charge in [0.25, 0.3) is 0 Å². The average Bonchev–Trinajstić information content (AvgIpc) is 2.68. The summed E-state index contributed by atoms with van der Waals surface area (Å²) < 4.78 is 28.1. The third-order valence-electron chi connectivity index (χ3n) is 5.94. The Balaban J connectivity index is 2.14. The number of hydrogen-bond donors (Lipinski definition) is 1. The fourth-order valence-electron chi connectivity index (χ4n) is 4.59. The fraction of sp³-hybridized carbons (Fsp3) is 0.500. The van der Waals surface area contributed by atoms with Crippen molar-refractivity contribution in [1.29, 1.82) is 0 Å². The number of nitrogens with one attached hydrogen (secondary N) is 1. The molecule has 29 heavy (non-hydrogen) atoms. The summed E-state index contributed by atoms with van der Waals surface area (Å²) in [5.74, 6) is 0. The van der Waals surface area contributed by atoms with E-state index < -0.39 is 10.0 Å². The van der Waals surface area contributed by atoms with E-state index in [1.54, 1.807) is 6.07 Å². The molecule has 0 aromatic heterocycles. The number of sulfonamides is 1. The minimum atomic E-state index is -3.49. The lowest BCUT2D eigenvalue weighted by Gasteiger charge is -2.42. The van der Waals surface area contributed by atoms with E-state index in [1.165, 1.54) is 22.3 Å². The van der Waals surface area contributed by atoms with Crippen molar-refractivity contribution >= 4 is 10.0 Å². The van der Waals surface area contributed by atoms with Crippen LogP contribution in [0.2, 0.25) is 0 Å². The molecule has 0 spiro atoms. The topological polar surface area (TPSA) is 49.4 Å². The van der Waals surface area contributed by atoms with Crippen molar-refractivity contribution in [1.82, 2.24) is 9.62 Å². The summed E-state index contributed by atoms with van der Waals surface area (Å²) in [5.41, 5.74) is 6.25. The van der Waals surface area contributed by atoms with Crippen LogP contribution >= 0.6 is 0 Å². The molecule has 0 amide bonds. The van der Waals surface area contributed by atoms with Crippen LogP contribution < -0.4 is 4.72 Å². The molecule has 158 valence electrons. The van der Waals surface area contributed by atoms with Crippen molar-refractivity contribution in [2.45, 2.75) is 63.8 Å². The summed E-state index contributed by atoms with van der Waals surface area (Å²) in [6, 6.07) is 12.1. The zero-order chi connectivity index (χ0) is 21.2. The fourth-order valence-corrected chi connectivity index (χ4v) is 5.77. The van der Waals surface area contributed by atoms with E-state index in [1.807, 2.05) is 19.1 Å². The Morgan fingerprint density at radius 3 is 2.59 bits per heavy atom. The van der Waals surface area contributed by atoms with E-state index in [2.05, 4.69) is 55.6 Å². The molecule has 0 bridgehead atoms. The smallest absolute Gasteiger partial charge is 0.240 e. The number of rotatable bonds is 7. The second kappa shape index (κ2) is 8.58. The lowest BCUT2D eigenvalue weighted by Crippen LogP contribution is -2.43. The maximum Gasteiger partial charge on any atom is 0.240 e. The van der Waals surface area contributed by atoms with E-state index in [0.717, 1.165) is 37.9 Å². The van der Waals surface area contributed by atoms with Crippen LogP contribution in [-0.4, -0.2) is 33.5 Å². The molecule has 1 aliphatic heterocycles. The third-order valence-corrected chi connectivity index (χ3v) is 7.40. The molecule has 1 atom stereocenters. The minimum Gasteiger partial charge on any atom is -0.301 e. The van der Waals surface area contributed by atoms with Gasteiger partial charge >= 0.3 is 0 Å². The zero-order valence-corrected chi connectivity index (χ0v) is 19.2. The molecular formula is C24H34N2O2S. The van der Waals surface area contributed by atoms with Crippen molar-refractivity contribution < 1.29 is 8.42 Å². The van der Waals surface area contributed by atoms with Gasteiger partial charge in [-0.25, -0.2) is 13.1 Å². The Labute approximate surface area is 176 Å². The second-order valence-electron chi connectivity index (χ2n) is 8.63. The van der Waals surface area contributed by atoms with Crippen molar-refractivity contribution in [3.63, 3.8) is 0 Å². The Kier molecular flexibility index (Phi) is 6.51. The molecule has 1 heterocycles. The molecule has 0 unspecified atom stereocenters. The standard InChI is InChI=1S/C24H34N2O2S/c1-6-9-19-13-18(3)14-23-22(19)16-26(5)17-24(23,4)20-10-8-11-21(15-20)29(27,28)25-12-7-2/h8,10-11,13-15,25H,6-7,9,12,16-17H2,1-5H3/t24-/m0/s1. The van der Waals surface area contributed by atoms with Gasteiger partial charge < -0.3 is 4.90 Å². The van der Waals surface area contributed by atoms with Crippen LogP contribution in [0.15, 0.2) is 41.3 Å². The first-order valence-electron chi connectivity index (χ1n) is 10.6. The second-order valence-corrected chi connectivity index (χ2v) is 10.4.